The molecule has 29 heteroatoms. The predicted octanol–water partition coefficient (Wildman–Crippen LogP) is 5.14. The van der Waals surface area contributed by atoms with Crippen LogP contribution in [0.15, 0.2) is 88.6 Å². The molecule has 3 aromatic carbocycles. The Morgan fingerprint density at radius 2 is 1.13 bits per heavy atom. The van der Waals surface area contributed by atoms with Crippen molar-refractivity contribution >= 4 is 76.4 Å². The number of imide groups is 1. The number of aliphatic hydroxyl groups excluding tert-OH is 1. The first kappa shape index (κ1) is 76.5. The Hall–Kier alpha value is -8.65. The molecular formula is C72H95N9O20. The number of anilines is 1. The second-order valence-corrected chi connectivity index (χ2v) is 24.9. The van der Waals surface area contributed by atoms with Crippen LogP contribution in [-0.4, -0.2) is 244 Å². The Balaban J connectivity index is 0.570. The molecule has 6 aliphatic rings. The van der Waals surface area contributed by atoms with E-state index in [0.717, 1.165) is 22.5 Å². The molecule has 5 aliphatic heterocycles. The van der Waals surface area contributed by atoms with Crippen LogP contribution in [0.25, 0.3) is 5.57 Å². The highest BCUT2D eigenvalue weighted by Gasteiger charge is 2.39. The van der Waals surface area contributed by atoms with Gasteiger partial charge in [0.1, 0.15) is 12.1 Å². The minimum Gasteiger partial charge on any atom is -0.493 e. The van der Waals surface area contributed by atoms with Gasteiger partial charge < -0.3 is 93.0 Å². The van der Waals surface area contributed by atoms with E-state index in [4.69, 9.17) is 66.8 Å². The van der Waals surface area contributed by atoms with E-state index >= 15 is 0 Å². The average molecular weight is 1410 g/mol. The van der Waals surface area contributed by atoms with E-state index in [9.17, 15) is 38.7 Å². The van der Waals surface area contributed by atoms with Crippen LogP contribution in [0.1, 0.15) is 93.4 Å². The Morgan fingerprint density at radius 3 is 1.70 bits per heavy atom. The summed E-state index contributed by atoms with van der Waals surface area (Å²) in [6.07, 6.45) is 13.4. The van der Waals surface area contributed by atoms with Crippen molar-refractivity contribution in [3.8, 4) is 23.0 Å². The van der Waals surface area contributed by atoms with Crippen molar-refractivity contribution < 1.29 is 95.5 Å². The zero-order valence-electron chi connectivity index (χ0n) is 58.2. The number of hydrogen-bond acceptors (Lipinski definition) is 23. The van der Waals surface area contributed by atoms with Crippen LogP contribution in [0.4, 0.5) is 17.1 Å². The summed E-state index contributed by atoms with van der Waals surface area (Å²) in [5.41, 5.74) is 5.71. The SMILES string of the molecule is COc1cc2c(cc1OCCCOc1cc3c(cc1OC)C(O)N1C=C(C4CC4)C[C@H]1C=N3)N=C[C@@H]1CC(c3ccc(NC(=O)[C@H](C)NC(=O)C(NC(=O)CCOCCOCCOCCOCCOCCOCCOCCOCCNC(=O)CCN4C(=O)C=CC4=O)C(C)C)cc3)=CN1C2=O. The lowest BCUT2D eigenvalue weighted by atomic mass is 10.0. The number of carbonyl (C=O) groups is 7. The van der Waals surface area contributed by atoms with E-state index < -0.39 is 41.9 Å². The summed E-state index contributed by atoms with van der Waals surface area (Å²) < 4.78 is 67.8. The fraction of sp³-hybridized carbons (Fsp3) is 0.542. The molecule has 1 aliphatic carbocycles. The number of aliphatic hydroxyl groups is 1. The summed E-state index contributed by atoms with van der Waals surface area (Å²) in [4.78, 5) is 103. The Morgan fingerprint density at radius 1 is 0.584 bits per heavy atom. The highest BCUT2D eigenvalue weighted by Crippen LogP contribution is 2.47. The lowest BCUT2D eigenvalue weighted by molar-refractivity contribution is -0.137. The summed E-state index contributed by atoms with van der Waals surface area (Å²) in [6, 6.07) is 12.0. The zero-order valence-corrected chi connectivity index (χ0v) is 58.2. The van der Waals surface area contributed by atoms with Gasteiger partial charge in [0.25, 0.3) is 17.7 Å². The normalized spacial score (nSPS) is 17.9. The van der Waals surface area contributed by atoms with E-state index in [1.165, 1.54) is 37.7 Å². The zero-order chi connectivity index (χ0) is 71.5. The molecule has 5 atom stereocenters. The number of nitrogens with one attached hydrogen (secondary N) is 4. The minimum absolute atomic E-state index is 0.00181. The molecule has 1 saturated carbocycles. The van der Waals surface area contributed by atoms with Gasteiger partial charge in [0, 0.05) is 99.1 Å². The highest BCUT2D eigenvalue weighted by molar-refractivity contribution is 6.13. The molecular weight excluding hydrogens is 1310 g/mol. The second-order valence-electron chi connectivity index (χ2n) is 24.9. The van der Waals surface area contributed by atoms with Crippen molar-refractivity contribution in [1.29, 1.82) is 0 Å². The van der Waals surface area contributed by atoms with Crippen molar-refractivity contribution in [2.45, 2.75) is 96.1 Å². The molecule has 101 heavy (non-hydrogen) atoms. The maximum atomic E-state index is 14.2. The number of rotatable bonds is 46. The third-order valence-corrected chi connectivity index (χ3v) is 17.2. The van der Waals surface area contributed by atoms with Crippen LogP contribution in [0.2, 0.25) is 0 Å². The lowest BCUT2D eigenvalue weighted by Gasteiger charge is -2.27. The number of hydrogen-bond donors (Lipinski definition) is 5. The molecule has 0 aromatic heterocycles. The topological polar surface area (TPSA) is 333 Å². The third kappa shape index (κ3) is 22.9. The van der Waals surface area contributed by atoms with E-state index in [1.54, 1.807) is 75.4 Å². The molecule has 548 valence electrons. The Labute approximate surface area is 588 Å². The van der Waals surface area contributed by atoms with Crippen LogP contribution < -0.4 is 40.2 Å². The van der Waals surface area contributed by atoms with Crippen LogP contribution >= 0.6 is 0 Å². The molecule has 0 saturated heterocycles. The maximum Gasteiger partial charge on any atom is 0.260 e. The molecule has 1 fully saturated rings. The predicted molar refractivity (Wildman–Crippen MR) is 371 cm³/mol. The Kier molecular flexibility index (Phi) is 30.0. The van der Waals surface area contributed by atoms with Crippen molar-refractivity contribution in [2.24, 2.45) is 21.8 Å². The number of fused-ring (bicyclic) bond motifs is 4. The summed E-state index contributed by atoms with van der Waals surface area (Å²) in [5.74, 6) is -0.537. The number of benzene rings is 3. The minimum atomic E-state index is -0.936. The Bertz CT molecular complexity index is 3450. The molecule has 9 rings (SSSR count). The number of carbonyl (C=O) groups excluding carboxylic acids is 7. The highest BCUT2D eigenvalue weighted by atomic mass is 16.6. The average Bonchev–Trinajstić information content (AvgIpc) is 1.65. The summed E-state index contributed by atoms with van der Waals surface area (Å²) in [5, 5.41) is 22.4. The van der Waals surface area contributed by atoms with Crippen molar-refractivity contribution in [1.82, 2.24) is 30.7 Å². The molecule has 5 heterocycles. The molecule has 7 amide bonds. The van der Waals surface area contributed by atoms with Gasteiger partial charge in [-0.1, -0.05) is 26.0 Å². The largest absolute Gasteiger partial charge is 0.493 e. The molecule has 0 bridgehead atoms. The van der Waals surface area contributed by atoms with E-state index in [1.807, 2.05) is 29.4 Å². The molecule has 0 radical (unpaired) electrons. The van der Waals surface area contributed by atoms with Gasteiger partial charge in [-0.15, -0.1) is 0 Å². The van der Waals surface area contributed by atoms with Gasteiger partial charge in [0.15, 0.2) is 29.2 Å². The van der Waals surface area contributed by atoms with Gasteiger partial charge >= 0.3 is 0 Å². The molecule has 3 aromatic rings. The first-order valence-electron chi connectivity index (χ1n) is 34.5. The van der Waals surface area contributed by atoms with Crippen molar-refractivity contribution in [3.05, 3.63) is 95.3 Å². The van der Waals surface area contributed by atoms with E-state index in [0.29, 0.717) is 176 Å². The molecule has 2 unspecified atom stereocenters. The molecule has 0 spiro atoms. The fourth-order valence-corrected chi connectivity index (χ4v) is 11.5. The summed E-state index contributed by atoms with van der Waals surface area (Å²) in [6.45, 7) is 11.7. The molecule has 29 nitrogen and oxygen atoms in total. The third-order valence-electron chi connectivity index (χ3n) is 17.2. The number of nitrogens with zero attached hydrogens (tertiary/aromatic N) is 5. The van der Waals surface area contributed by atoms with Crippen molar-refractivity contribution in [3.63, 3.8) is 0 Å². The van der Waals surface area contributed by atoms with Crippen LogP contribution in [0.3, 0.4) is 0 Å². The maximum absolute atomic E-state index is 14.2. The van der Waals surface area contributed by atoms with Gasteiger partial charge in [-0.25, -0.2) is 0 Å². The number of methoxy groups -OCH3 is 2. The standard InChI is InChI=1S/C72H95N9O20/c1-47(2)68(78-65(83)16-21-92-23-25-94-27-29-96-31-33-98-35-36-99-34-32-97-30-28-95-26-24-93-22-17-73-64(82)15-18-79-66(84)13-14-67(79)85)70(87)76-48(3)69(86)77-53-11-9-50(10-12-53)52-38-55-44-75-59-42-63(61(91-5)40-57(59)72(89)81(55)46-52)101-20-6-19-100-62-41-58-56(39-60(62)90-4)71(88)80-45-51(49-7-8-49)37-54(80)43-74-58/h9-14,39-49,54-55,68,71,88H,6-8,15-38H2,1-5H3,(H,73,82)(H,76,87)(H,77,86)(H,78,83)/t48-,54-,55-,68?,71?/m0/s1. The van der Waals surface area contributed by atoms with Crippen LogP contribution in [-0.2, 0) is 66.7 Å². The first-order valence-corrected chi connectivity index (χ1v) is 34.5. The van der Waals surface area contributed by atoms with Crippen LogP contribution in [0, 0.1) is 11.8 Å². The van der Waals surface area contributed by atoms with Gasteiger partial charge in [0.05, 0.1) is 162 Å². The molecule has 5 N–H and O–H groups in total. The van der Waals surface area contributed by atoms with Gasteiger partial charge in [-0.2, -0.15) is 0 Å². The van der Waals surface area contributed by atoms with Gasteiger partial charge in [-0.3, -0.25) is 48.4 Å². The van der Waals surface area contributed by atoms with E-state index in [2.05, 4.69) is 27.5 Å². The summed E-state index contributed by atoms with van der Waals surface area (Å²) >= 11 is 0. The monoisotopic (exact) mass is 1410 g/mol. The number of ether oxygens (including phenoxy) is 12. The number of aliphatic imine (C=N–C) groups is 2. The van der Waals surface area contributed by atoms with E-state index in [-0.39, 0.29) is 74.9 Å². The smallest absolute Gasteiger partial charge is 0.260 e. The number of amides is 7. The van der Waals surface area contributed by atoms with Gasteiger partial charge in [0.2, 0.25) is 23.6 Å². The summed E-state index contributed by atoms with van der Waals surface area (Å²) in [7, 11) is 3.08. The fourth-order valence-electron chi connectivity index (χ4n) is 11.5. The quantitative estimate of drug-likeness (QED) is 0.0361. The second kappa shape index (κ2) is 39.5. The van der Waals surface area contributed by atoms with Gasteiger partial charge in [-0.05, 0) is 79.0 Å². The van der Waals surface area contributed by atoms with Crippen molar-refractivity contribution in [2.75, 3.05) is 152 Å². The van der Waals surface area contributed by atoms with Crippen LogP contribution in [0.5, 0.6) is 23.0 Å². The first-order chi connectivity index (χ1) is 49.1. The lowest BCUT2D eigenvalue weighted by Crippen LogP contribution is -2.53.